The van der Waals surface area contributed by atoms with E-state index in [2.05, 4.69) is 4.98 Å². The Morgan fingerprint density at radius 3 is 2.50 bits per heavy atom. The second kappa shape index (κ2) is 10.7. The number of rotatable bonds is 8. The highest BCUT2D eigenvalue weighted by Crippen LogP contribution is 2.45. The highest BCUT2D eigenvalue weighted by atomic mass is 32.1. The maximum atomic E-state index is 13.5. The molecule has 2 heterocycles. The Morgan fingerprint density at radius 1 is 1.00 bits per heavy atom. The smallest absolute Gasteiger partial charge is 0.301 e. The van der Waals surface area contributed by atoms with Crippen molar-refractivity contribution in [2.45, 2.75) is 33.2 Å². The number of ether oxygens (including phenoxy) is 2. The number of ketones is 1. The van der Waals surface area contributed by atoms with Crippen molar-refractivity contribution in [2.75, 3.05) is 18.1 Å². The van der Waals surface area contributed by atoms with Crippen LogP contribution in [0.1, 0.15) is 43.0 Å². The molecule has 1 aromatic heterocycles. The van der Waals surface area contributed by atoms with Gasteiger partial charge in [0.15, 0.2) is 5.13 Å². The van der Waals surface area contributed by atoms with E-state index in [1.807, 2.05) is 75.4 Å². The molecule has 1 N–H and O–H groups in total. The van der Waals surface area contributed by atoms with Gasteiger partial charge in [-0.25, -0.2) is 4.98 Å². The van der Waals surface area contributed by atoms with Crippen molar-refractivity contribution < 1.29 is 24.2 Å². The molecule has 1 amide bonds. The van der Waals surface area contributed by atoms with Crippen LogP contribution in [0.4, 0.5) is 5.13 Å². The lowest BCUT2D eigenvalue weighted by molar-refractivity contribution is -0.132. The number of Topliss-reactive ketones (excluding diaryl/α,β-unsaturated/α-hetero) is 1. The van der Waals surface area contributed by atoms with Gasteiger partial charge in [0, 0.05) is 5.56 Å². The molecule has 194 valence electrons. The first kappa shape index (κ1) is 25.5. The molecule has 1 fully saturated rings. The van der Waals surface area contributed by atoms with Crippen LogP contribution in [-0.4, -0.2) is 35.0 Å². The van der Waals surface area contributed by atoms with Gasteiger partial charge < -0.3 is 14.6 Å². The third-order valence-electron chi connectivity index (χ3n) is 6.28. The summed E-state index contributed by atoms with van der Waals surface area (Å²) in [5, 5.41) is 11.7. The van der Waals surface area contributed by atoms with E-state index in [-0.39, 0.29) is 11.3 Å². The number of thiazole rings is 1. The van der Waals surface area contributed by atoms with Crippen LogP contribution in [0.5, 0.6) is 11.5 Å². The molecule has 8 heteroatoms. The number of nitrogens with zero attached hydrogens (tertiary/aromatic N) is 2. The fourth-order valence-corrected chi connectivity index (χ4v) is 5.48. The molecule has 0 spiro atoms. The van der Waals surface area contributed by atoms with Crippen molar-refractivity contribution >= 4 is 44.1 Å². The molecular weight excluding hydrogens is 500 g/mol. The number of aliphatic hydroxyl groups is 1. The third-order valence-corrected chi connectivity index (χ3v) is 7.30. The van der Waals surface area contributed by atoms with Crippen molar-refractivity contribution in [1.29, 1.82) is 0 Å². The summed E-state index contributed by atoms with van der Waals surface area (Å²) in [6.07, 6.45) is 0.839. The van der Waals surface area contributed by atoms with Crippen molar-refractivity contribution in [3.63, 3.8) is 0 Å². The zero-order chi connectivity index (χ0) is 26.8. The Labute approximate surface area is 225 Å². The zero-order valence-electron chi connectivity index (χ0n) is 21.4. The number of aromatic nitrogens is 1. The quantitative estimate of drug-likeness (QED) is 0.161. The van der Waals surface area contributed by atoms with Crippen molar-refractivity contribution in [2.24, 2.45) is 0 Å². The summed E-state index contributed by atoms with van der Waals surface area (Å²) < 4.78 is 12.3. The molecule has 1 aliphatic rings. The fraction of sp³-hybridized carbons (Fsp3) is 0.233. The molecule has 1 atom stereocenters. The number of amides is 1. The van der Waals surface area contributed by atoms with Crippen molar-refractivity contribution in [3.05, 3.63) is 89.0 Å². The lowest BCUT2D eigenvalue weighted by atomic mass is 9.95. The van der Waals surface area contributed by atoms with Gasteiger partial charge in [0.2, 0.25) is 0 Å². The van der Waals surface area contributed by atoms with Crippen LogP contribution in [0.25, 0.3) is 16.0 Å². The molecule has 1 saturated heterocycles. The van der Waals surface area contributed by atoms with Crippen LogP contribution >= 0.6 is 11.3 Å². The number of aliphatic hydroxyl groups excluding tert-OH is 1. The van der Waals surface area contributed by atoms with Crippen molar-refractivity contribution in [3.8, 4) is 11.5 Å². The number of carbonyl (C=O) groups excluding carboxylic acids is 2. The number of aryl methyl sites for hydroxylation is 1. The maximum absolute atomic E-state index is 13.5. The van der Waals surface area contributed by atoms with E-state index in [1.54, 1.807) is 12.1 Å². The van der Waals surface area contributed by atoms with Gasteiger partial charge >= 0.3 is 5.91 Å². The Balaban J connectivity index is 1.68. The second-order valence-corrected chi connectivity index (χ2v) is 10.0. The van der Waals surface area contributed by atoms with E-state index in [4.69, 9.17) is 9.47 Å². The van der Waals surface area contributed by atoms with Gasteiger partial charge in [-0.1, -0.05) is 60.2 Å². The van der Waals surface area contributed by atoms with Crippen LogP contribution in [0.2, 0.25) is 0 Å². The largest absolute Gasteiger partial charge is 0.507 e. The number of carbonyl (C=O) groups is 2. The average Bonchev–Trinajstić information content (AvgIpc) is 3.45. The molecule has 5 rings (SSSR count). The minimum absolute atomic E-state index is 0.0146. The molecule has 38 heavy (non-hydrogen) atoms. The molecule has 3 aromatic carbocycles. The lowest BCUT2D eigenvalue weighted by Crippen LogP contribution is -2.29. The topological polar surface area (TPSA) is 89.0 Å². The summed E-state index contributed by atoms with van der Waals surface area (Å²) in [6, 6.07) is 19.1. The fourth-order valence-electron chi connectivity index (χ4n) is 4.46. The third kappa shape index (κ3) is 4.75. The molecule has 0 saturated carbocycles. The van der Waals surface area contributed by atoms with Gasteiger partial charge in [-0.05, 0) is 56.2 Å². The Bertz CT molecular complexity index is 1540. The van der Waals surface area contributed by atoms with E-state index in [0.717, 1.165) is 16.7 Å². The predicted molar refractivity (Wildman–Crippen MR) is 149 cm³/mol. The summed E-state index contributed by atoms with van der Waals surface area (Å²) in [5.74, 6) is -0.407. The van der Waals surface area contributed by atoms with Gasteiger partial charge in [-0.2, -0.15) is 0 Å². The highest BCUT2D eigenvalue weighted by molar-refractivity contribution is 7.22. The summed E-state index contributed by atoms with van der Waals surface area (Å²) in [6.45, 7) is 6.93. The molecular formula is C30H28N2O5S. The Hall–Kier alpha value is -4.17. The standard InChI is InChI=1S/C30H28N2O5S/c1-4-15-37-21-8-6-7-20(16-21)26-25(27(33)19-11-9-18(3)10-12-19)28(34)29(35)32(26)30-31-23-14-13-22(36-5-2)17-24(23)38-30/h6-14,16-17,26,33H,4-5,15H2,1-3H3/b27-25+. The first-order valence-corrected chi connectivity index (χ1v) is 13.4. The molecule has 0 radical (unpaired) electrons. The molecule has 0 aliphatic carbocycles. The highest BCUT2D eigenvalue weighted by Gasteiger charge is 2.48. The number of benzene rings is 3. The number of fused-ring (bicyclic) bond motifs is 1. The van der Waals surface area contributed by atoms with E-state index >= 15 is 0 Å². The first-order valence-electron chi connectivity index (χ1n) is 12.6. The van der Waals surface area contributed by atoms with Gasteiger partial charge in [-0.15, -0.1) is 0 Å². The second-order valence-electron chi connectivity index (χ2n) is 9.02. The summed E-state index contributed by atoms with van der Waals surface area (Å²) in [4.78, 5) is 33.1. The molecule has 4 aromatic rings. The van der Waals surface area contributed by atoms with Gasteiger partial charge in [0.05, 0.1) is 35.0 Å². The zero-order valence-corrected chi connectivity index (χ0v) is 22.2. The minimum atomic E-state index is -0.881. The van der Waals surface area contributed by atoms with Crippen LogP contribution < -0.4 is 14.4 Å². The molecule has 1 aliphatic heterocycles. The lowest BCUT2D eigenvalue weighted by Gasteiger charge is -2.23. The number of hydrogen-bond acceptors (Lipinski definition) is 7. The molecule has 1 unspecified atom stereocenters. The van der Waals surface area contributed by atoms with E-state index in [1.165, 1.54) is 16.2 Å². The average molecular weight is 529 g/mol. The van der Waals surface area contributed by atoms with E-state index < -0.39 is 17.7 Å². The van der Waals surface area contributed by atoms with Crippen LogP contribution in [0, 0.1) is 6.92 Å². The van der Waals surface area contributed by atoms with Crippen LogP contribution in [-0.2, 0) is 9.59 Å². The van der Waals surface area contributed by atoms with Gasteiger partial charge in [0.1, 0.15) is 17.3 Å². The summed E-state index contributed by atoms with van der Waals surface area (Å²) in [5.41, 5.74) is 2.82. The predicted octanol–water partition coefficient (Wildman–Crippen LogP) is 6.42. The normalized spacial score (nSPS) is 16.8. The first-order chi connectivity index (χ1) is 18.4. The van der Waals surface area contributed by atoms with Crippen LogP contribution in [0.15, 0.2) is 72.3 Å². The van der Waals surface area contributed by atoms with Gasteiger partial charge in [-0.3, -0.25) is 14.5 Å². The van der Waals surface area contributed by atoms with E-state index in [9.17, 15) is 14.7 Å². The Kier molecular flexibility index (Phi) is 7.15. The van der Waals surface area contributed by atoms with Crippen LogP contribution in [0.3, 0.4) is 0 Å². The number of anilines is 1. The monoisotopic (exact) mass is 528 g/mol. The minimum Gasteiger partial charge on any atom is -0.507 e. The SMILES string of the molecule is CCCOc1cccc(C2/C(=C(\O)c3ccc(C)cc3)C(=O)C(=O)N2c2nc3ccc(OCC)cc3s2)c1. The number of hydrogen-bond donors (Lipinski definition) is 1. The van der Waals surface area contributed by atoms with E-state index in [0.29, 0.717) is 46.5 Å². The van der Waals surface area contributed by atoms with Crippen molar-refractivity contribution in [1.82, 2.24) is 4.98 Å². The Morgan fingerprint density at radius 2 is 1.76 bits per heavy atom. The van der Waals surface area contributed by atoms with Gasteiger partial charge in [0.25, 0.3) is 5.78 Å². The molecule has 0 bridgehead atoms. The summed E-state index contributed by atoms with van der Waals surface area (Å²) >= 11 is 1.29. The maximum Gasteiger partial charge on any atom is 0.301 e. The molecule has 7 nitrogen and oxygen atoms in total. The summed E-state index contributed by atoms with van der Waals surface area (Å²) in [7, 11) is 0.